The van der Waals surface area contributed by atoms with E-state index in [0.29, 0.717) is 6.42 Å². The first-order chi connectivity index (χ1) is 12.6. The summed E-state index contributed by atoms with van der Waals surface area (Å²) in [6.45, 7) is 1.80. The van der Waals surface area contributed by atoms with E-state index in [1.807, 2.05) is 18.6 Å². The first kappa shape index (κ1) is 17.3. The van der Waals surface area contributed by atoms with Crippen LogP contribution in [0.15, 0.2) is 36.8 Å². The Kier molecular flexibility index (Phi) is 4.57. The van der Waals surface area contributed by atoms with E-state index in [0.717, 1.165) is 37.8 Å². The largest absolute Gasteiger partial charge is 0.461 e. The number of hydrogen-bond donors (Lipinski definition) is 1. The number of fused-ring (bicyclic) bond motifs is 3. The first-order valence-corrected chi connectivity index (χ1v) is 9.67. The zero-order valence-corrected chi connectivity index (χ0v) is 15.4. The standard InChI is InChI=1S/C21H27N3O2/c1-21(22,20(25)26-15-7-3-2-4-8-15)12-11-18-16-9-5-6-10-17(16)19-13-23-14-24(18)19/h5-6,9-10,13-15,18H,2-4,7-8,11-12,22H2,1H3/t18?,21-/m0/s1. The molecule has 1 aromatic carbocycles. The fourth-order valence-electron chi connectivity index (χ4n) is 4.23. The Balaban J connectivity index is 1.44. The minimum Gasteiger partial charge on any atom is -0.461 e. The van der Waals surface area contributed by atoms with Gasteiger partial charge in [-0.05, 0) is 51.0 Å². The number of esters is 1. The molecule has 0 spiro atoms. The molecule has 0 radical (unpaired) electrons. The van der Waals surface area contributed by atoms with Gasteiger partial charge >= 0.3 is 5.97 Å². The quantitative estimate of drug-likeness (QED) is 0.830. The summed E-state index contributed by atoms with van der Waals surface area (Å²) in [4.78, 5) is 16.9. The maximum Gasteiger partial charge on any atom is 0.326 e. The highest BCUT2D eigenvalue weighted by molar-refractivity contribution is 5.80. The molecule has 2 heterocycles. The molecule has 5 heteroatoms. The van der Waals surface area contributed by atoms with E-state index in [1.54, 1.807) is 6.92 Å². The van der Waals surface area contributed by atoms with Crippen LogP contribution in [0.4, 0.5) is 0 Å². The van der Waals surface area contributed by atoms with Gasteiger partial charge in [-0.1, -0.05) is 30.7 Å². The zero-order chi connectivity index (χ0) is 18.1. The van der Waals surface area contributed by atoms with Gasteiger partial charge in [0.2, 0.25) is 0 Å². The van der Waals surface area contributed by atoms with Gasteiger partial charge in [0.15, 0.2) is 0 Å². The van der Waals surface area contributed by atoms with Crippen molar-refractivity contribution < 1.29 is 9.53 Å². The number of ether oxygens (including phenoxy) is 1. The van der Waals surface area contributed by atoms with Crippen LogP contribution in [0.2, 0.25) is 0 Å². The Hall–Kier alpha value is -2.14. The van der Waals surface area contributed by atoms with Crippen molar-refractivity contribution in [3.63, 3.8) is 0 Å². The van der Waals surface area contributed by atoms with Crippen molar-refractivity contribution in [3.8, 4) is 11.3 Å². The Bertz CT molecular complexity index is 790. The van der Waals surface area contributed by atoms with Crippen molar-refractivity contribution in [1.82, 2.24) is 9.55 Å². The van der Waals surface area contributed by atoms with E-state index < -0.39 is 5.54 Å². The highest BCUT2D eigenvalue weighted by atomic mass is 16.5. The summed E-state index contributed by atoms with van der Waals surface area (Å²) in [5.41, 5.74) is 9.04. The van der Waals surface area contributed by atoms with Crippen molar-refractivity contribution in [2.24, 2.45) is 5.73 Å². The average Bonchev–Trinajstić information content (AvgIpc) is 3.22. The van der Waals surface area contributed by atoms with Gasteiger partial charge in [0.25, 0.3) is 0 Å². The zero-order valence-electron chi connectivity index (χ0n) is 15.4. The minimum absolute atomic E-state index is 0.0478. The lowest BCUT2D eigenvalue weighted by Gasteiger charge is -2.29. The summed E-state index contributed by atoms with van der Waals surface area (Å²) in [5, 5.41) is 0. The lowest BCUT2D eigenvalue weighted by atomic mass is 9.91. The fraction of sp³-hybridized carbons (Fsp3) is 0.524. The van der Waals surface area contributed by atoms with E-state index in [-0.39, 0.29) is 18.1 Å². The van der Waals surface area contributed by atoms with E-state index in [9.17, 15) is 4.79 Å². The Morgan fingerprint density at radius 1 is 1.31 bits per heavy atom. The minimum atomic E-state index is -0.963. The van der Waals surface area contributed by atoms with Crippen LogP contribution in [-0.2, 0) is 9.53 Å². The van der Waals surface area contributed by atoms with E-state index in [2.05, 4.69) is 27.8 Å². The second kappa shape index (κ2) is 6.88. The number of benzene rings is 1. The van der Waals surface area contributed by atoms with Gasteiger partial charge in [-0.25, -0.2) is 4.98 Å². The van der Waals surface area contributed by atoms with Crippen molar-refractivity contribution >= 4 is 5.97 Å². The molecule has 2 aliphatic rings. The molecule has 1 saturated carbocycles. The number of nitrogens with two attached hydrogens (primary N) is 1. The maximum absolute atomic E-state index is 12.6. The third-order valence-electron chi connectivity index (χ3n) is 5.83. The van der Waals surface area contributed by atoms with Crippen LogP contribution in [0.1, 0.15) is 63.5 Å². The number of imidazole rings is 1. The van der Waals surface area contributed by atoms with Gasteiger partial charge in [-0.3, -0.25) is 4.79 Å². The van der Waals surface area contributed by atoms with E-state index in [4.69, 9.17) is 10.5 Å². The molecule has 0 saturated heterocycles. The van der Waals surface area contributed by atoms with Crippen molar-refractivity contribution in [2.45, 2.75) is 69.6 Å². The van der Waals surface area contributed by atoms with Crippen molar-refractivity contribution in [1.29, 1.82) is 0 Å². The number of hydrogen-bond acceptors (Lipinski definition) is 4. The van der Waals surface area contributed by atoms with Crippen LogP contribution in [0.25, 0.3) is 11.3 Å². The summed E-state index contributed by atoms with van der Waals surface area (Å²) < 4.78 is 7.90. The molecule has 0 bridgehead atoms. The van der Waals surface area contributed by atoms with Gasteiger partial charge in [0.05, 0.1) is 24.3 Å². The smallest absolute Gasteiger partial charge is 0.326 e. The molecule has 5 nitrogen and oxygen atoms in total. The summed E-state index contributed by atoms with van der Waals surface area (Å²) in [6, 6.07) is 8.56. The summed E-state index contributed by atoms with van der Waals surface area (Å²) >= 11 is 0. The Morgan fingerprint density at radius 2 is 2.08 bits per heavy atom. The first-order valence-electron chi connectivity index (χ1n) is 9.67. The number of aromatic nitrogens is 2. The molecule has 2 aromatic rings. The molecule has 26 heavy (non-hydrogen) atoms. The third-order valence-corrected chi connectivity index (χ3v) is 5.83. The predicted molar refractivity (Wildman–Crippen MR) is 101 cm³/mol. The number of rotatable bonds is 5. The molecule has 1 aromatic heterocycles. The van der Waals surface area contributed by atoms with Gasteiger partial charge in [-0.15, -0.1) is 0 Å². The number of carbonyl (C=O) groups is 1. The van der Waals surface area contributed by atoms with Crippen molar-refractivity contribution in [3.05, 3.63) is 42.4 Å². The topological polar surface area (TPSA) is 70.1 Å². The highest BCUT2D eigenvalue weighted by Crippen LogP contribution is 2.41. The summed E-state index contributed by atoms with van der Waals surface area (Å²) in [5.74, 6) is -0.262. The predicted octanol–water partition coefficient (Wildman–Crippen LogP) is 3.83. The Labute approximate surface area is 154 Å². The van der Waals surface area contributed by atoms with Crippen molar-refractivity contribution in [2.75, 3.05) is 0 Å². The second-order valence-corrected chi connectivity index (χ2v) is 7.91. The second-order valence-electron chi connectivity index (χ2n) is 7.91. The average molecular weight is 353 g/mol. The molecule has 2 atom stereocenters. The lowest BCUT2D eigenvalue weighted by Crippen LogP contribution is -2.47. The van der Waals surface area contributed by atoms with Crippen LogP contribution in [0.5, 0.6) is 0 Å². The van der Waals surface area contributed by atoms with Crippen LogP contribution < -0.4 is 5.73 Å². The van der Waals surface area contributed by atoms with Crippen LogP contribution >= 0.6 is 0 Å². The number of carbonyl (C=O) groups excluding carboxylic acids is 1. The van der Waals surface area contributed by atoms with Crippen LogP contribution in [0, 0.1) is 0 Å². The normalized spacial score (nSPS) is 21.7. The molecule has 0 amide bonds. The van der Waals surface area contributed by atoms with E-state index >= 15 is 0 Å². The third kappa shape index (κ3) is 3.16. The highest BCUT2D eigenvalue weighted by Gasteiger charge is 2.35. The summed E-state index contributed by atoms with van der Waals surface area (Å²) in [7, 11) is 0. The molecule has 1 aliphatic carbocycles. The SMILES string of the molecule is C[C@](N)(CCC1c2ccccc2-c2cncn21)C(=O)OC1CCCCC1. The molecule has 1 aliphatic heterocycles. The van der Waals surface area contributed by atoms with Gasteiger partial charge in [-0.2, -0.15) is 0 Å². The molecule has 2 N–H and O–H groups in total. The van der Waals surface area contributed by atoms with Gasteiger partial charge < -0.3 is 15.0 Å². The molecular weight excluding hydrogens is 326 g/mol. The molecule has 138 valence electrons. The van der Waals surface area contributed by atoms with Crippen LogP contribution in [-0.4, -0.2) is 27.2 Å². The van der Waals surface area contributed by atoms with Crippen LogP contribution in [0.3, 0.4) is 0 Å². The van der Waals surface area contributed by atoms with Gasteiger partial charge in [0.1, 0.15) is 11.6 Å². The molecule has 1 fully saturated rings. The fourth-order valence-corrected chi connectivity index (χ4v) is 4.23. The lowest BCUT2D eigenvalue weighted by molar-refractivity contribution is -0.156. The van der Waals surface area contributed by atoms with Gasteiger partial charge in [0, 0.05) is 5.56 Å². The Morgan fingerprint density at radius 3 is 2.88 bits per heavy atom. The maximum atomic E-state index is 12.6. The number of nitrogens with zero attached hydrogens (tertiary/aromatic N) is 2. The van der Waals surface area contributed by atoms with E-state index in [1.165, 1.54) is 17.5 Å². The monoisotopic (exact) mass is 353 g/mol. The molecular formula is C21H27N3O2. The molecule has 4 rings (SSSR count). The summed E-state index contributed by atoms with van der Waals surface area (Å²) in [6.07, 6.45) is 10.6. The molecule has 1 unspecified atom stereocenters.